The summed E-state index contributed by atoms with van der Waals surface area (Å²) in [6.45, 7) is 6.48. The minimum atomic E-state index is -0.0207. The summed E-state index contributed by atoms with van der Waals surface area (Å²) in [5.41, 5.74) is 0. The van der Waals surface area contributed by atoms with Crippen LogP contribution in [0, 0.1) is 11.8 Å². The van der Waals surface area contributed by atoms with Gasteiger partial charge >= 0.3 is 0 Å². The van der Waals surface area contributed by atoms with Gasteiger partial charge in [-0.15, -0.1) is 0 Å². The summed E-state index contributed by atoms with van der Waals surface area (Å²) in [7, 11) is 0. The van der Waals surface area contributed by atoms with Gasteiger partial charge in [-0.1, -0.05) is 26.2 Å². The quantitative estimate of drug-likeness (QED) is 0.784. The van der Waals surface area contributed by atoms with Gasteiger partial charge in [0.1, 0.15) is 0 Å². The number of ether oxygens (including phenoxy) is 1. The van der Waals surface area contributed by atoms with Gasteiger partial charge in [-0.25, -0.2) is 0 Å². The van der Waals surface area contributed by atoms with E-state index in [1.165, 1.54) is 32.1 Å². The Hall–Kier alpha value is -0.610. The molecule has 1 heterocycles. The highest BCUT2D eigenvalue weighted by Gasteiger charge is 2.34. The van der Waals surface area contributed by atoms with Crippen molar-refractivity contribution in [2.24, 2.45) is 11.8 Å². The Labute approximate surface area is 123 Å². The largest absolute Gasteiger partial charge is 0.379 e. The Balaban J connectivity index is 1.80. The fourth-order valence-corrected chi connectivity index (χ4v) is 3.43. The zero-order valence-electron chi connectivity index (χ0n) is 13.0. The Morgan fingerprint density at radius 3 is 2.70 bits per heavy atom. The second kappa shape index (κ2) is 7.99. The number of carbonyl (C=O) groups is 1. The number of hydrogen-bond acceptors (Lipinski definition) is 3. The molecule has 4 nitrogen and oxygen atoms in total. The Kier molecular flexibility index (Phi) is 6.30. The van der Waals surface area contributed by atoms with Gasteiger partial charge in [-0.05, 0) is 38.6 Å². The first kappa shape index (κ1) is 15.8. The van der Waals surface area contributed by atoms with Crippen molar-refractivity contribution in [3.05, 3.63) is 0 Å². The molecule has 2 fully saturated rings. The summed E-state index contributed by atoms with van der Waals surface area (Å²) < 4.78 is 5.49. The molecular weight excluding hydrogens is 252 g/mol. The second-order valence-electron chi connectivity index (χ2n) is 6.40. The third-order valence-electron chi connectivity index (χ3n) is 4.80. The summed E-state index contributed by atoms with van der Waals surface area (Å²) in [5.74, 6) is 0.818. The number of rotatable bonds is 6. The van der Waals surface area contributed by atoms with E-state index in [0.29, 0.717) is 25.2 Å². The van der Waals surface area contributed by atoms with E-state index in [1.54, 1.807) is 0 Å². The first-order valence-corrected chi connectivity index (χ1v) is 8.34. The van der Waals surface area contributed by atoms with Gasteiger partial charge in [-0.2, -0.15) is 0 Å². The van der Waals surface area contributed by atoms with Crippen LogP contribution in [0.15, 0.2) is 0 Å². The normalized spacial score (nSPS) is 29.3. The van der Waals surface area contributed by atoms with Crippen molar-refractivity contribution in [1.29, 1.82) is 0 Å². The maximum absolute atomic E-state index is 12.4. The van der Waals surface area contributed by atoms with Crippen molar-refractivity contribution in [3.8, 4) is 0 Å². The van der Waals surface area contributed by atoms with E-state index in [1.807, 2.05) is 0 Å². The van der Waals surface area contributed by atoms with Crippen LogP contribution in [0.25, 0.3) is 0 Å². The molecule has 1 saturated heterocycles. The molecular formula is C16H30N2O2. The molecule has 3 atom stereocenters. The molecule has 0 aromatic carbocycles. The molecule has 116 valence electrons. The third-order valence-corrected chi connectivity index (χ3v) is 4.80. The molecule has 1 aliphatic heterocycles. The molecule has 1 amide bonds. The molecule has 0 aromatic rings. The van der Waals surface area contributed by atoms with Crippen LogP contribution in [0.2, 0.25) is 0 Å². The van der Waals surface area contributed by atoms with Crippen molar-refractivity contribution in [3.63, 3.8) is 0 Å². The SMILES string of the molecule is CCCNC1COCC1C(=O)N[C@H](C)C1CCCCC1. The molecule has 1 saturated carbocycles. The number of amides is 1. The fraction of sp³-hybridized carbons (Fsp3) is 0.938. The van der Waals surface area contributed by atoms with Gasteiger partial charge in [0.2, 0.25) is 5.91 Å². The topological polar surface area (TPSA) is 50.4 Å². The van der Waals surface area contributed by atoms with Crippen LogP contribution in [0.1, 0.15) is 52.4 Å². The summed E-state index contributed by atoms with van der Waals surface area (Å²) in [6, 6.07) is 0.490. The second-order valence-corrected chi connectivity index (χ2v) is 6.40. The average molecular weight is 282 g/mol. The Morgan fingerprint density at radius 1 is 1.25 bits per heavy atom. The molecule has 2 N–H and O–H groups in total. The molecule has 2 aliphatic rings. The third kappa shape index (κ3) is 4.19. The van der Waals surface area contributed by atoms with Crippen LogP contribution >= 0.6 is 0 Å². The van der Waals surface area contributed by atoms with Crippen LogP contribution in [-0.2, 0) is 9.53 Å². The first-order chi connectivity index (χ1) is 9.72. The van der Waals surface area contributed by atoms with Gasteiger partial charge in [0.25, 0.3) is 0 Å². The molecule has 2 unspecified atom stereocenters. The predicted octanol–water partition coefficient (Wildman–Crippen LogP) is 2.09. The van der Waals surface area contributed by atoms with Gasteiger partial charge in [0, 0.05) is 12.1 Å². The van der Waals surface area contributed by atoms with E-state index < -0.39 is 0 Å². The minimum absolute atomic E-state index is 0.0207. The maximum atomic E-state index is 12.4. The molecule has 20 heavy (non-hydrogen) atoms. The van der Waals surface area contributed by atoms with E-state index in [0.717, 1.165) is 13.0 Å². The van der Waals surface area contributed by atoms with Crippen molar-refractivity contribution >= 4 is 5.91 Å². The number of nitrogens with one attached hydrogen (secondary N) is 2. The highest BCUT2D eigenvalue weighted by atomic mass is 16.5. The fourth-order valence-electron chi connectivity index (χ4n) is 3.43. The van der Waals surface area contributed by atoms with Crippen LogP contribution in [0.5, 0.6) is 0 Å². The predicted molar refractivity (Wildman–Crippen MR) is 80.6 cm³/mol. The van der Waals surface area contributed by atoms with Gasteiger partial charge < -0.3 is 15.4 Å². The van der Waals surface area contributed by atoms with E-state index in [9.17, 15) is 4.79 Å². The summed E-state index contributed by atoms with van der Waals surface area (Å²) >= 11 is 0. The van der Waals surface area contributed by atoms with Crippen molar-refractivity contribution in [1.82, 2.24) is 10.6 Å². The average Bonchev–Trinajstić information content (AvgIpc) is 2.94. The molecule has 0 aromatic heterocycles. The molecule has 0 radical (unpaired) electrons. The maximum Gasteiger partial charge on any atom is 0.227 e. The Morgan fingerprint density at radius 2 is 2.00 bits per heavy atom. The van der Waals surface area contributed by atoms with Crippen LogP contribution in [0.3, 0.4) is 0 Å². The minimum Gasteiger partial charge on any atom is -0.379 e. The molecule has 1 aliphatic carbocycles. The summed E-state index contributed by atoms with van der Waals surface area (Å²) in [4.78, 5) is 12.4. The van der Waals surface area contributed by atoms with Crippen LogP contribution in [-0.4, -0.2) is 37.7 Å². The lowest BCUT2D eigenvalue weighted by molar-refractivity contribution is -0.126. The van der Waals surface area contributed by atoms with Gasteiger partial charge in [0.15, 0.2) is 0 Å². The Bertz CT molecular complexity index is 303. The number of carbonyl (C=O) groups excluding carboxylic acids is 1. The van der Waals surface area contributed by atoms with E-state index >= 15 is 0 Å². The molecule has 0 bridgehead atoms. The van der Waals surface area contributed by atoms with Crippen molar-refractivity contribution < 1.29 is 9.53 Å². The zero-order chi connectivity index (χ0) is 14.4. The standard InChI is InChI=1S/C16H30N2O2/c1-3-9-17-15-11-20-10-14(15)16(19)18-12(2)13-7-5-4-6-8-13/h12-15,17H,3-11H2,1-2H3,(H,18,19)/t12-,14?,15?/m1/s1. The first-order valence-electron chi connectivity index (χ1n) is 8.34. The smallest absolute Gasteiger partial charge is 0.227 e. The lowest BCUT2D eigenvalue weighted by Crippen LogP contribution is -2.48. The van der Waals surface area contributed by atoms with Gasteiger partial charge in [0.05, 0.1) is 19.1 Å². The summed E-state index contributed by atoms with van der Waals surface area (Å²) in [5, 5.41) is 6.67. The van der Waals surface area contributed by atoms with Crippen molar-refractivity contribution in [2.45, 2.75) is 64.5 Å². The van der Waals surface area contributed by atoms with Crippen LogP contribution < -0.4 is 10.6 Å². The zero-order valence-corrected chi connectivity index (χ0v) is 13.0. The van der Waals surface area contributed by atoms with E-state index in [2.05, 4.69) is 24.5 Å². The summed E-state index contributed by atoms with van der Waals surface area (Å²) in [6.07, 6.45) is 7.61. The number of hydrogen-bond donors (Lipinski definition) is 2. The molecule has 4 heteroatoms. The van der Waals surface area contributed by atoms with Gasteiger partial charge in [-0.3, -0.25) is 4.79 Å². The van der Waals surface area contributed by atoms with Crippen molar-refractivity contribution in [2.75, 3.05) is 19.8 Å². The lowest BCUT2D eigenvalue weighted by atomic mass is 9.84. The highest BCUT2D eigenvalue weighted by Crippen LogP contribution is 2.26. The molecule has 2 rings (SSSR count). The monoisotopic (exact) mass is 282 g/mol. The lowest BCUT2D eigenvalue weighted by Gasteiger charge is -2.29. The van der Waals surface area contributed by atoms with E-state index in [4.69, 9.17) is 4.74 Å². The highest BCUT2D eigenvalue weighted by molar-refractivity contribution is 5.80. The molecule has 0 spiro atoms. The van der Waals surface area contributed by atoms with E-state index in [-0.39, 0.29) is 17.9 Å². The van der Waals surface area contributed by atoms with Crippen LogP contribution in [0.4, 0.5) is 0 Å².